The van der Waals surface area contributed by atoms with Crippen LogP contribution in [0.4, 0.5) is 10.1 Å². The van der Waals surface area contributed by atoms with Gasteiger partial charge in [-0.3, -0.25) is 4.99 Å². The minimum absolute atomic E-state index is 0.0783. The van der Waals surface area contributed by atoms with Crippen LogP contribution in [-0.2, 0) is 9.47 Å². The molecule has 6 nitrogen and oxygen atoms in total. The lowest BCUT2D eigenvalue weighted by Crippen LogP contribution is -2.22. The molecule has 0 fully saturated rings. The molecule has 1 unspecified atom stereocenters. The zero-order valence-corrected chi connectivity index (χ0v) is 16.0. The summed E-state index contributed by atoms with van der Waals surface area (Å²) < 4.78 is 27.9. The Morgan fingerprint density at radius 2 is 1.79 bits per heavy atom. The van der Waals surface area contributed by atoms with Crippen molar-refractivity contribution < 1.29 is 18.6 Å². The number of alkyl halides is 1. The van der Waals surface area contributed by atoms with Crippen molar-refractivity contribution in [3.8, 4) is 5.88 Å². The summed E-state index contributed by atoms with van der Waals surface area (Å²) in [7, 11) is 1.89. The number of anilines is 1. The van der Waals surface area contributed by atoms with Crippen LogP contribution in [0.15, 0.2) is 47.6 Å². The third-order valence-corrected chi connectivity index (χ3v) is 3.74. The van der Waals surface area contributed by atoms with Gasteiger partial charge < -0.3 is 19.5 Å². The molecular formula is C21H26FN3O3. The molecule has 2 aromatic rings. The molecule has 2 rings (SSSR count). The van der Waals surface area contributed by atoms with E-state index in [1.54, 1.807) is 12.3 Å². The van der Waals surface area contributed by atoms with Gasteiger partial charge in [-0.15, -0.1) is 0 Å². The minimum Gasteiger partial charge on any atom is -0.449 e. The highest BCUT2D eigenvalue weighted by atomic mass is 19.1. The van der Waals surface area contributed by atoms with Gasteiger partial charge in [0.05, 0.1) is 19.8 Å². The maximum absolute atomic E-state index is 11.9. The van der Waals surface area contributed by atoms with Crippen LogP contribution in [-0.4, -0.2) is 58.1 Å². The number of hydrogen-bond donors (Lipinski definition) is 1. The fourth-order valence-corrected chi connectivity index (χ4v) is 2.24. The number of hydrogen-bond acceptors (Lipinski definition) is 6. The highest BCUT2D eigenvalue weighted by Crippen LogP contribution is 2.14. The molecule has 28 heavy (non-hydrogen) atoms. The molecule has 0 saturated heterocycles. The number of nitrogens with zero attached hydrogens (tertiary/aromatic N) is 2. The van der Waals surface area contributed by atoms with E-state index in [1.165, 1.54) is 0 Å². The Balaban J connectivity index is 1.80. The summed E-state index contributed by atoms with van der Waals surface area (Å²) in [4.78, 5) is 8.15. The van der Waals surface area contributed by atoms with Crippen LogP contribution in [0.1, 0.15) is 11.1 Å². The zero-order chi connectivity index (χ0) is 20.0. The molecule has 7 heteroatoms. The topological polar surface area (TPSA) is 65.0 Å². The number of nitrogens with one attached hydrogen (secondary N) is 1. The van der Waals surface area contributed by atoms with Gasteiger partial charge in [0, 0.05) is 25.0 Å². The van der Waals surface area contributed by atoms with Crippen LogP contribution in [0, 0.1) is 0 Å². The fraction of sp³-hybridized carbons (Fsp3) is 0.333. The summed E-state index contributed by atoms with van der Waals surface area (Å²) in [5, 5.41) is 3.09. The van der Waals surface area contributed by atoms with E-state index in [0.29, 0.717) is 19.1 Å². The lowest BCUT2D eigenvalue weighted by molar-refractivity contribution is 0.0108. The van der Waals surface area contributed by atoms with Crippen LogP contribution >= 0.6 is 0 Å². The van der Waals surface area contributed by atoms with Gasteiger partial charge in [-0.25, -0.2) is 9.37 Å². The predicted octanol–water partition coefficient (Wildman–Crippen LogP) is 3.70. The molecule has 1 aromatic carbocycles. The SMILES string of the molecule is C=NC(COCCOCCF)Oc1ccc(/C=C/c2ccc(NC)cc2)cn1. The number of pyridine rings is 1. The summed E-state index contributed by atoms with van der Waals surface area (Å²) in [6.45, 7) is 3.95. The predicted molar refractivity (Wildman–Crippen MR) is 111 cm³/mol. The van der Waals surface area contributed by atoms with E-state index in [4.69, 9.17) is 14.2 Å². The molecule has 1 atom stereocenters. The molecule has 0 aliphatic rings. The van der Waals surface area contributed by atoms with Gasteiger partial charge in [0.1, 0.15) is 13.3 Å². The van der Waals surface area contributed by atoms with Crippen LogP contribution in [0.25, 0.3) is 12.2 Å². The van der Waals surface area contributed by atoms with Gasteiger partial charge in [-0.1, -0.05) is 24.3 Å². The number of aliphatic imine (C=N–C) groups is 1. The molecule has 1 heterocycles. The molecule has 0 saturated carbocycles. The number of rotatable bonds is 13. The molecule has 0 bridgehead atoms. The van der Waals surface area contributed by atoms with E-state index >= 15 is 0 Å². The molecule has 150 valence electrons. The summed E-state index contributed by atoms with van der Waals surface area (Å²) in [5.41, 5.74) is 3.12. The second-order valence-corrected chi connectivity index (χ2v) is 5.77. The summed E-state index contributed by atoms with van der Waals surface area (Å²) in [5.74, 6) is 0.435. The molecular weight excluding hydrogens is 361 g/mol. The molecule has 0 aliphatic carbocycles. The van der Waals surface area contributed by atoms with Crippen molar-refractivity contribution >= 4 is 24.6 Å². The third-order valence-electron chi connectivity index (χ3n) is 3.74. The molecule has 0 aliphatic heterocycles. The number of benzene rings is 1. The minimum atomic E-state index is -0.569. The third kappa shape index (κ3) is 7.85. The van der Waals surface area contributed by atoms with E-state index in [-0.39, 0.29) is 13.2 Å². The summed E-state index contributed by atoms with van der Waals surface area (Å²) in [6, 6.07) is 11.8. The monoisotopic (exact) mass is 387 g/mol. The summed E-state index contributed by atoms with van der Waals surface area (Å²) >= 11 is 0. The van der Waals surface area contributed by atoms with Crippen LogP contribution in [0.5, 0.6) is 5.88 Å². The Morgan fingerprint density at radius 1 is 1.07 bits per heavy atom. The first kappa shape index (κ1) is 21.5. The second-order valence-electron chi connectivity index (χ2n) is 5.77. The van der Waals surface area contributed by atoms with E-state index in [1.807, 2.05) is 49.5 Å². The van der Waals surface area contributed by atoms with Gasteiger partial charge in [0.15, 0.2) is 0 Å². The maximum atomic E-state index is 11.9. The van der Waals surface area contributed by atoms with E-state index in [2.05, 4.69) is 22.0 Å². The second kappa shape index (κ2) is 12.6. The van der Waals surface area contributed by atoms with E-state index in [0.717, 1.165) is 16.8 Å². The van der Waals surface area contributed by atoms with Crippen LogP contribution in [0.2, 0.25) is 0 Å². The smallest absolute Gasteiger partial charge is 0.215 e. The molecule has 0 radical (unpaired) electrons. The average Bonchev–Trinajstić information content (AvgIpc) is 2.75. The number of ether oxygens (including phenoxy) is 3. The maximum Gasteiger partial charge on any atom is 0.215 e. The fourth-order valence-electron chi connectivity index (χ4n) is 2.24. The number of aromatic nitrogens is 1. The molecule has 1 aromatic heterocycles. The van der Waals surface area contributed by atoms with Gasteiger partial charge >= 0.3 is 0 Å². The Hall–Kier alpha value is -2.77. The average molecular weight is 387 g/mol. The molecule has 0 amide bonds. The van der Waals surface area contributed by atoms with Gasteiger partial charge in [0.2, 0.25) is 12.1 Å². The first-order chi connectivity index (χ1) is 13.7. The lowest BCUT2D eigenvalue weighted by Gasteiger charge is -2.14. The van der Waals surface area contributed by atoms with Gasteiger partial charge in [0.25, 0.3) is 0 Å². The highest BCUT2D eigenvalue weighted by Gasteiger charge is 2.08. The Labute approximate surface area is 165 Å². The van der Waals surface area contributed by atoms with E-state index in [9.17, 15) is 4.39 Å². The normalized spacial score (nSPS) is 12.1. The van der Waals surface area contributed by atoms with Crippen LogP contribution in [0.3, 0.4) is 0 Å². The Bertz CT molecular complexity index is 721. The molecule has 1 N–H and O–H groups in total. The zero-order valence-electron chi connectivity index (χ0n) is 16.0. The highest BCUT2D eigenvalue weighted by molar-refractivity contribution is 5.70. The van der Waals surface area contributed by atoms with Crippen LogP contribution < -0.4 is 10.1 Å². The first-order valence-corrected chi connectivity index (χ1v) is 9.01. The largest absolute Gasteiger partial charge is 0.449 e. The van der Waals surface area contributed by atoms with Gasteiger partial charge in [-0.05, 0) is 36.0 Å². The van der Waals surface area contributed by atoms with Crippen molar-refractivity contribution in [2.75, 3.05) is 45.5 Å². The van der Waals surface area contributed by atoms with E-state index < -0.39 is 12.9 Å². The Kier molecular flexibility index (Phi) is 9.68. The van der Waals surface area contributed by atoms with Crippen molar-refractivity contribution in [2.24, 2.45) is 4.99 Å². The number of halogens is 1. The lowest BCUT2D eigenvalue weighted by atomic mass is 10.1. The van der Waals surface area contributed by atoms with Crippen molar-refractivity contribution in [1.29, 1.82) is 0 Å². The van der Waals surface area contributed by atoms with Crippen molar-refractivity contribution in [1.82, 2.24) is 4.98 Å². The summed E-state index contributed by atoms with van der Waals surface area (Å²) in [6.07, 6.45) is 5.15. The first-order valence-electron chi connectivity index (χ1n) is 9.01. The van der Waals surface area contributed by atoms with Gasteiger partial charge in [-0.2, -0.15) is 0 Å². The van der Waals surface area contributed by atoms with Crippen molar-refractivity contribution in [3.05, 3.63) is 53.7 Å². The van der Waals surface area contributed by atoms with Crippen molar-refractivity contribution in [2.45, 2.75) is 6.23 Å². The standard InChI is InChI=1S/C21H26FN3O3/c1-23-19-8-5-17(6-9-19)3-4-18-7-10-20(25-15-18)28-21(24-2)16-27-14-13-26-12-11-22/h3-10,15,21,23H,2,11-14,16H2,1H3/b4-3+. The van der Waals surface area contributed by atoms with Crippen molar-refractivity contribution in [3.63, 3.8) is 0 Å². The Morgan fingerprint density at radius 3 is 2.43 bits per heavy atom. The quantitative estimate of drug-likeness (QED) is 0.419. The molecule has 0 spiro atoms.